The summed E-state index contributed by atoms with van der Waals surface area (Å²) in [6.07, 6.45) is -4.89. The number of carbonyl (C=O) groups is 1. The maximum Gasteiger partial charge on any atom is 0.423 e. The minimum absolute atomic E-state index is 0.290. The van der Waals surface area contributed by atoms with Crippen molar-refractivity contribution in [3.8, 4) is 0 Å². The summed E-state index contributed by atoms with van der Waals surface area (Å²) in [5, 5.41) is 11.1. The van der Waals surface area contributed by atoms with Crippen molar-refractivity contribution < 1.29 is 28.1 Å². The molecule has 5 nitrogen and oxygen atoms in total. The summed E-state index contributed by atoms with van der Waals surface area (Å²) in [5.74, 6) is -0.765. The molecule has 2 aromatic carbocycles. The highest BCUT2D eigenvalue weighted by Crippen LogP contribution is 2.36. The topological polar surface area (TPSA) is 69.4 Å². The number of rotatable bonds is 3. The first kappa shape index (κ1) is 15.5. The Hall–Kier alpha value is -2.90. The van der Waals surface area contributed by atoms with Gasteiger partial charge in [-0.3, -0.25) is 4.79 Å². The van der Waals surface area contributed by atoms with Crippen LogP contribution < -0.4 is 5.32 Å². The van der Waals surface area contributed by atoms with Crippen LogP contribution in [-0.4, -0.2) is 16.0 Å². The first-order valence-corrected chi connectivity index (χ1v) is 6.03. The van der Waals surface area contributed by atoms with Gasteiger partial charge in [0.25, 0.3) is 10.8 Å². The molecule has 0 spiro atoms. The van der Waals surface area contributed by atoms with E-state index in [1.807, 2.05) is 0 Å². The molecule has 0 saturated carbocycles. The Kier molecular flexibility index (Phi) is 4.11. The number of alkyl halides is 3. The van der Waals surface area contributed by atoms with Gasteiger partial charge in [-0.05, 0) is 24.3 Å². The van der Waals surface area contributed by atoms with Gasteiger partial charge in [-0.25, -0.2) is 5.21 Å². The van der Waals surface area contributed by atoms with Gasteiger partial charge in [0.1, 0.15) is 5.56 Å². The van der Waals surface area contributed by atoms with E-state index in [1.165, 1.54) is 0 Å². The van der Waals surface area contributed by atoms with E-state index >= 15 is 0 Å². The second-order valence-electron chi connectivity index (χ2n) is 4.32. The Morgan fingerprint density at radius 1 is 1.09 bits per heavy atom. The van der Waals surface area contributed by atoms with Crippen molar-refractivity contribution in [1.82, 2.24) is 0 Å². The summed E-state index contributed by atoms with van der Waals surface area (Å²) >= 11 is 0. The molecule has 114 valence electrons. The Balaban J connectivity index is 2.36. The van der Waals surface area contributed by atoms with Crippen LogP contribution in [0.5, 0.6) is 0 Å². The van der Waals surface area contributed by atoms with Crippen LogP contribution in [0.25, 0.3) is 0 Å². The van der Waals surface area contributed by atoms with E-state index in [-0.39, 0.29) is 5.56 Å². The van der Waals surface area contributed by atoms with E-state index in [0.29, 0.717) is 11.8 Å². The number of para-hydroxylation sites is 1. The number of nitrogens with zero attached hydrogens (tertiary/aromatic N) is 1. The van der Waals surface area contributed by atoms with E-state index in [4.69, 9.17) is 5.21 Å². The Morgan fingerprint density at radius 2 is 1.73 bits per heavy atom. The summed E-state index contributed by atoms with van der Waals surface area (Å²) in [5.41, 5.74) is -2.26. The largest absolute Gasteiger partial charge is 0.423 e. The fourth-order valence-corrected chi connectivity index (χ4v) is 1.80. The molecule has 22 heavy (non-hydrogen) atoms. The molecule has 0 aliphatic heterocycles. The summed E-state index contributed by atoms with van der Waals surface area (Å²) in [7, 11) is 0. The van der Waals surface area contributed by atoms with Crippen LogP contribution in [0.2, 0.25) is 0 Å². The van der Waals surface area contributed by atoms with Crippen molar-refractivity contribution in [3.05, 3.63) is 64.6 Å². The molecule has 0 radical (unpaired) electrons. The Bertz CT molecular complexity index is 715. The predicted molar refractivity (Wildman–Crippen MR) is 70.9 cm³/mol. The number of halogens is 3. The van der Waals surface area contributed by atoms with Crippen LogP contribution in [0, 0.1) is 4.91 Å². The zero-order valence-electron chi connectivity index (χ0n) is 11.0. The zero-order chi connectivity index (χ0) is 16.3. The average Bonchev–Trinajstić information content (AvgIpc) is 2.46. The lowest BCUT2D eigenvalue weighted by molar-refractivity contribution is -0.730. The maximum absolute atomic E-state index is 12.9. The van der Waals surface area contributed by atoms with Gasteiger partial charge in [0.15, 0.2) is 0 Å². The Morgan fingerprint density at radius 3 is 2.27 bits per heavy atom. The molecule has 2 N–H and O–H groups in total. The van der Waals surface area contributed by atoms with Crippen LogP contribution in [0.15, 0.2) is 48.5 Å². The summed E-state index contributed by atoms with van der Waals surface area (Å²) in [6.45, 7) is 0. The number of nitrogens with one attached hydrogen (secondary N) is 1. The van der Waals surface area contributed by atoms with Gasteiger partial charge < -0.3 is 5.32 Å². The van der Waals surface area contributed by atoms with E-state index in [2.05, 4.69) is 5.32 Å². The molecule has 0 bridgehead atoms. The molecule has 0 saturated heterocycles. The molecule has 0 aliphatic rings. The summed E-state index contributed by atoms with van der Waals surface area (Å²) < 4.78 is 38.6. The third-order valence-corrected chi connectivity index (χ3v) is 2.80. The van der Waals surface area contributed by atoms with Crippen molar-refractivity contribution in [3.63, 3.8) is 0 Å². The normalized spacial score (nSPS) is 11.0. The third kappa shape index (κ3) is 3.40. The van der Waals surface area contributed by atoms with E-state index in [0.717, 1.165) is 12.1 Å². The fourth-order valence-electron chi connectivity index (χ4n) is 1.80. The van der Waals surface area contributed by atoms with Crippen molar-refractivity contribution in [1.29, 1.82) is 0 Å². The second kappa shape index (κ2) is 5.84. The highest BCUT2D eigenvalue weighted by Gasteiger charge is 2.40. The average molecular weight is 311 g/mol. The minimum atomic E-state index is -4.89. The minimum Gasteiger partial charge on any atom is -0.322 e. The van der Waals surface area contributed by atoms with E-state index in [9.17, 15) is 22.9 Å². The molecule has 2 rings (SSSR count). The molecule has 8 heteroatoms. The molecule has 0 unspecified atom stereocenters. The second-order valence-corrected chi connectivity index (χ2v) is 4.32. The third-order valence-electron chi connectivity index (χ3n) is 2.80. The van der Waals surface area contributed by atoms with Gasteiger partial charge >= 0.3 is 11.9 Å². The molecule has 2 aromatic rings. The van der Waals surface area contributed by atoms with Crippen molar-refractivity contribution in [2.45, 2.75) is 6.18 Å². The number of hydrogen-bond acceptors (Lipinski definition) is 2. The molecular weight excluding hydrogens is 301 g/mol. The summed E-state index contributed by atoms with van der Waals surface area (Å²) in [6, 6.07) is 10.4. The molecular formula is C14H10F3N2O3+. The lowest BCUT2D eigenvalue weighted by atomic mass is 10.1. The highest BCUT2D eigenvalue weighted by atomic mass is 19.4. The van der Waals surface area contributed by atoms with Crippen molar-refractivity contribution in [2.75, 3.05) is 5.32 Å². The van der Waals surface area contributed by atoms with Gasteiger partial charge in [0, 0.05) is 17.3 Å². The standard InChI is InChI=1S/C14H9F3N2O3/c15-14(16,17)11-8-9(6-7-12(11)19(21)22)13(20)18-10-4-2-1-3-5-10/h1-8H,(H-,18,20,21,22)/p+1. The molecule has 0 atom stereocenters. The molecule has 0 aromatic heterocycles. The van der Waals surface area contributed by atoms with Crippen LogP contribution in [0.1, 0.15) is 15.9 Å². The quantitative estimate of drug-likeness (QED) is 0.848. The van der Waals surface area contributed by atoms with Crippen LogP contribution in [-0.2, 0) is 6.18 Å². The molecule has 0 aliphatic carbocycles. The molecule has 0 fully saturated rings. The van der Waals surface area contributed by atoms with E-state index in [1.54, 1.807) is 30.3 Å². The first-order valence-electron chi connectivity index (χ1n) is 6.03. The molecule has 0 heterocycles. The predicted octanol–water partition coefficient (Wildman–Crippen LogP) is 3.76. The lowest BCUT2D eigenvalue weighted by Gasteiger charge is -2.09. The highest BCUT2D eigenvalue weighted by molar-refractivity contribution is 6.04. The van der Waals surface area contributed by atoms with Crippen molar-refractivity contribution in [2.24, 2.45) is 0 Å². The van der Waals surface area contributed by atoms with Crippen LogP contribution in [0.4, 0.5) is 24.5 Å². The fraction of sp³-hybridized carbons (Fsp3) is 0.0714. The number of hydrogen-bond donors (Lipinski definition) is 2. The Labute approximate surface area is 122 Å². The van der Waals surface area contributed by atoms with Gasteiger partial charge in [-0.2, -0.15) is 13.2 Å². The number of anilines is 1. The smallest absolute Gasteiger partial charge is 0.322 e. The van der Waals surface area contributed by atoms with Crippen LogP contribution >= 0.6 is 0 Å². The first-order chi connectivity index (χ1) is 10.3. The van der Waals surface area contributed by atoms with E-state index < -0.39 is 28.3 Å². The number of amides is 1. The van der Waals surface area contributed by atoms with Gasteiger partial charge in [0.05, 0.1) is 4.91 Å². The van der Waals surface area contributed by atoms with Crippen LogP contribution in [0.3, 0.4) is 0 Å². The number of benzene rings is 2. The number of carbonyl (C=O) groups excluding carboxylic acids is 1. The SMILES string of the molecule is O=C(Nc1ccccc1)c1ccc([N+](=O)O)c(C(F)(F)F)c1. The van der Waals surface area contributed by atoms with Crippen molar-refractivity contribution >= 4 is 17.3 Å². The zero-order valence-corrected chi connectivity index (χ0v) is 11.0. The monoisotopic (exact) mass is 311 g/mol. The van der Waals surface area contributed by atoms with Gasteiger partial charge in [-0.1, -0.05) is 18.2 Å². The lowest BCUT2D eigenvalue weighted by Crippen LogP contribution is -2.15. The van der Waals surface area contributed by atoms with Gasteiger partial charge in [-0.15, -0.1) is 0 Å². The summed E-state index contributed by atoms with van der Waals surface area (Å²) in [4.78, 5) is 21.8. The van der Waals surface area contributed by atoms with Gasteiger partial charge in [0.2, 0.25) is 0 Å². The molecule has 1 amide bonds. The maximum atomic E-state index is 12.9.